The topological polar surface area (TPSA) is 50.4 Å². The molecule has 2 N–H and O–H groups in total. The van der Waals surface area contributed by atoms with Gasteiger partial charge in [0.15, 0.2) is 0 Å². The first-order valence-electron chi connectivity index (χ1n) is 7.13. The van der Waals surface area contributed by atoms with Crippen LogP contribution in [0, 0.1) is 5.92 Å². The first-order chi connectivity index (χ1) is 8.41. The molecule has 1 aliphatic carbocycles. The van der Waals surface area contributed by atoms with Crippen molar-refractivity contribution in [2.75, 3.05) is 13.1 Å². The molecule has 0 radical (unpaired) electrons. The van der Waals surface area contributed by atoms with Crippen LogP contribution in [-0.2, 0) is 4.74 Å². The van der Waals surface area contributed by atoms with E-state index in [1.54, 1.807) is 0 Å². The zero-order chi connectivity index (χ0) is 13.2. The summed E-state index contributed by atoms with van der Waals surface area (Å²) in [7, 11) is 0. The highest BCUT2D eigenvalue weighted by molar-refractivity contribution is 5.69. The zero-order valence-electron chi connectivity index (χ0n) is 11.8. The Hall–Kier alpha value is -0.770. The number of rotatable bonds is 2. The Kier molecular flexibility index (Phi) is 3.85. The third-order valence-corrected chi connectivity index (χ3v) is 4.07. The fourth-order valence-corrected chi connectivity index (χ4v) is 3.02. The highest BCUT2D eigenvalue weighted by Gasteiger charge is 2.45. The van der Waals surface area contributed by atoms with E-state index in [1.165, 1.54) is 19.3 Å². The van der Waals surface area contributed by atoms with Crippen molar-refractivity contribution in [1.82, 2.24) is 10.6 Å². The van der Waals surface area contributed by atoms with Crippen LogP contribution in [0.1, 0.15) is 52.9 Å². The molecule has 18 heavy (non-hydrogen) atoms. The first-order valence-corrected chi connectivity index (χ1v) is 7.13. The van der Waals surface area contributed by atoms with Gasteiger partial charge in [0.25, 0.3) is 0 Å². The van der Waals surface area contributed by atoms with E-state index in [9.17, 15) is 4.79 Å². The second-order valence-electron chi connectivity index (χ2n) is 6.68. The molecule has 0 spiro atoms. The van der Waals surface area contributed by atoms with E-state index in [1.807, 2.05) is 20.8 Å². The molecule has 1 heterocycles. The number of ether oxygens (including phenoxy) is 1. The molecule has 2 aliphatic rings. The van der Waals surface area contributed by atoms with E-state index in [2.05, 4.69) is 10.6 Å². The number of alkyl carbamates (subject to hydrolysis) is 1. The Morgan fingerprint density at radius 2 is 2.06 bits per heavy atom. The van der Waals surface area contributed by atoms with E-state index in [0.717, 1.165) is 25.9 Å². The van der Waals surface area contributed by atoms with Gasteiger partial charge in [-0.3, -0.25) is 0 Å². The summed E-state index contributed by atoms with van der Waals surface area (Å²) in [6, 6.07) is 0. The van der Waals surface area contributed by atoms with Crippen molar-refractivity contribution in [3.8, 4) is 0 Å². The van der Waals surface area contributed by atoms with Crippen LogP contribution in [0.4, 0.5) is 4.79 Å². The van der Waals surface area contributed by atoms with Crippen LogP contribution in [0.15, 0.2) is 0 Å². The summed E-state index contributed by atoms with van der Waals surface area (Å²) in [5.41, 5.74) is -0.421. The van der Waals surface area contributed by atoms with E-state index in [-0.39, 0.29) is 11.6 Å². The third-order valence-electron chi connectivity index (χ3n) is 4.07. The lowest BCUT2D eigenvalue weighted by molar-refractivity contribution is 0.0233. The van der Waals surface area contributed by atoms with Gasteiger partial charge >= 0.3 is 6.09 Å². The van der Waals surface area contributed by atoms with Crippen LogP contribution in [0.25, 0.3) is 0 Å². The normalized spacial score (nSPS) is 27.2. The monoisotopic (exact) mass is 254 g/mol. The summed E-state index contributed by atoms with van der Waals surface area (Å²) < 4.78 is 5.39. The molecule has 104 valence electrons. The number of hydrogen-bond acceptors (Lipinski definition) is 3. The van der Waals surface area contributed by atoms with E-state index < -0.39 is 5.60 Å². The molecule has 2 rings (SSSR count). The zero-order valence-corrected chi connectivity index (χ0v) is 11.8. The largest absolute Gasteiger partial charge is 0.444 e. The van der Waals surface area contributed by atoms with Crippen molar-refractivity contribution in [3.05, 3.63) is 0 Å². The van der Waals surface area contributed by atoms with Gasteiger partial charge < -0.3 is 15.4 Å². The second-order valence-corrected chi connectivity index (χ2v) is 6.68. The maximum atomic E-state index is 12.0. The van der Waals surface area contributed by atoms with Gasteiger partial charge in [-0.15, -0.1) is 0 Å². The van der Waals surface area contributed by atoms with Crippen LogP contribution in [0.5, 0.6) is 0 Å². The summed E-state index contributed by atoms with van der Waals surface area (Å²) in [6.07, 6.45) is 5.57. The van der Waals surface area contributed by atoms with Gasteiger partial charge in [-0.25, -0.2) is 4.79 Å². The van der Waals surface area contributed by atoms with Crippen molar-refractivity contribution in [3.63, 3.8) is 0 Å². The van der Waals surface area contributed by atoms with Gasteiger partial charge in [0, 0.05) is 12.1 Å². The molecular weight excluding hydrogens is 228 g/mol. The predicted octanol–water partition coefficient (Wildman–Crippen LogP) is 2.43. The van der Waals surface area contributed by atoms with Gasteiger partial charge in [-0.2, -0.15) is 0 Å². The minimum absolute atomic E-state index is 0.00421. The SMILES string of the molecule is CC(C)(C)OC(=O)NC1(C2CCCNC2)CCC1. The lowest BCUT2D eigenvalue weighted by Crippen LogP contribution is -2.61. The van der Waals surface area contributed by atoms with E-state index >= 15 is 0 Å². The van der Waals surface area contributed by atoms with Crippen LogP contribution in [0.2, 0.25) is 0 Å². The highest BCUT2D eigenvalue weighted by Crippen LogP contribution is 2.41. The van der Waals surface area contributed by atoms with Crippen LogP contribution >= 0.6 is 0 Å². The number of piperidine rings is 1. The molecule has 0 aromatic heterocycles. The Morgan fingerprint density at radius 1 is 1.33 bits per heavy atom. The lowest BCUT2D eigenvalue weighted by atomic mass is 9.66. The Balaban J connectivity index is 1.93. The van der Waals surface area contributed by atoms with Crippen LogP contribution in [-0.4, -0.2) is 30.3 Å². The fraction of sp³-hybridized carbons (Fsp3) is 0.929. The molecule has 4 heteroatoms. The number of amides is 1. The quantitative estimate of drug-likeness (QED) is 0.795. The van der Waals surface area contributed by atoms with Crippen molar-refractivity contribution < 1.29 is 9.53 Å². The third kappa shape index (κ3) is 3.16. The summed E-state index contributed by atoms with van der Waals surface area (Å²) in [4.78, 5) is 12.0. The average molecular weight is 254 g/mol. The molecule has 0 bridgehead atoms. The highest BCUT2D eigenvalue weighted by atomic mass is 16.6. The summed E-state index contributed by atoms with van der Waals surface area (Å²) in [5.74, 6) is 0.563. The molecule has 1 aliphatic heterocycles. The minimum Gasteiger partial charge on any atom is -0.444 e. The number of carbonyl (C=O) groups is 1. The Morgan fingerprint density at radius 3 is 2.50 bits per heavy atom. The van der Waals surface area contributed by atoms with Gasteiger partial charge in [0.05, 0.1) is 0 Å². The Bertz CT molecular complexity index is 299. The maximum absolute atomic E-state index is 12.0. The number of carbonyl (C=O) groups excluding carboxylic acids is 1. The molecule has 1 amide bonds. The molecule has 2 fully saturated rings. The first kappa shape index (κ1) is 13.7. The van der Waals surface area contributed by atoms with Gasteiger partial charge in [0.2, 0.25) is 0 Å². The molecule has 1 saturated heterocycles. The standard InChI is InChI=1S/C14H26N2O2/c1-13(2,3)18-12(17)16-14(7-5-8-14)11-6-4-9-15-10-11/h11,15H,4-10H2,1-3H3,(H,16,17). The van der Waals surface area contributed by atoms with Gasteiger partial charge in [-0.05, 0) is 65.3 Å². The van der Waals surface area contributed by atoms with Crippen molar-refractivity contribution >= 4 is 6.09 Å². The molecule has 1 saturated carbocycles. The number of nitrogens with one attached hydrogen (secondary N) is 2. The predicted molar refractivity (Wildman–Crippen MR) is 71.5 cm³/mol. The van der Waals surface area contributed by atoms with E-state index in [4.69, 9.17) is 4.74 Å². The summed E-state index contributed by atoms with van der Waals surface area (Å²) in [6.45, 7) is 7.85. The maximum Gasteiger partial charge on any atom is 0.408 e. The fourth-order valence-electron chi connectivity index (χ4n) is 3.02. The smallest absolute Gasteiger partial charge is 0.408 e. The summed E-state index contributed by atoms with van der Waals surface area (Å²) in [5, 5.41) is 6.59. The average Bonchev–Trinajstić information content (AvgIpc) is 2.22. The number of hydrogen-bond donors (Lipinski definition) is 2. The molecule has 1 unspecified atom stereocenters. The Labute approximate surface area is 110 Å². The lowest BCUT2D eigenvalue weighted by Gasteiger charge is -2.49. The molecule has 0 aromatic carbocycles. The van der Waals surface area contributed by atoms with Crippen molar-refractivity contribution in [1.29, 1.82) is 0 Å². The van der Waals surface area contributed by atoms with Crippen molar-refractivity contribution in [2.45, 2.75) is 64.0 Å². The molecule has 1 atom stereocenters. The van der Waals surface area contributed by atoms with Gasteiger partial charge in [0.1, 0.15) is 5.60 Å². The van der Waals surface area contributed by atoms with Crippen molar-refractivity contribution in [2.24, 2.45) is 5.92 Å². The minimum atomic E-state index is -0.417. The summed E-state index contributed by atoms with van der Waals surface area (Å²) >= 11 is 0. The van der Waals surface area contributed by atoms with Crippen LogP contribution < -0.4 is 10.6 Å². The second kappa shape index (κ2) is 5.08. The van der Waals surface area contributed by atoms with E-state index in [0.29, 0.717) is 5.92 Å². The van der Waals surface area contributed by atoms with Gasteiger partial charge in [-0.1, -0.05) is 0 Å². The molecule has 0 aromatic rings. The molecular formula is C14H26N2O2. The molecule has 4 nitrogen and oxygen atoms in total. The van der Waals surface area contributed by atoms with Crippen LogP contribution in [0.3, 0.4) is 0 Å².